The molecule has 0 aromatic carbocycles. The van der Waals surface area contributed by atoms with E-state index >= 15 is 0 Å². The summed E-state index contributed by atoms with van der Waals surface area (Å²) < 4.78 is 39.0. The van der Waals surface area contributed by atoms with E-state index < -0.39 is 34.4 Å². The monoisotopic (exact) mass is 324 g/mol. The Morgan fingerprint density at radius 1 is 1.32 bits per heavy atom. The van der Waals surface area contributed by atoms with Crippen molar-refractivity contribution in [1.82, 2.24) is 0 Å². The zero-order valence-corrected chi connectivity index (χ0v) is 12.4. The Morgan fingerprint density at radius 3 is 2.16 bits per heavy atom. The number of ether oxygens (including phenoxy) is 1. The van der Waals surface area contributed by atoms with Crippen molar-refractivity contribution in [3.63, 3.8) is 0 Å². The summed E-state index contributed by atoms with van der Waals surface area (Å²) in [5, 5.41) is 9.55. The van der Waals surface area contributed by atoms with Crippen LogP contribution in [0.1, 0.15) is 33.6 Å². The average molecular weight is 325 g/mol. The molecule has 0 aromatic heterocycles. The van der Waals surface area contributed by atoms with Gasteiger partial charge in [0.2, 0.25) is 4.33 Å². The van der Waals surface area contributed by atoms with Gasteiger partial charge in [0, 0.05) is 0 Å². The minimum absolute atomic E-state index is 0.139. The molecule has 8 heteroatoms. The van der Waals surface area contributed by atoms with Crippen molar-refractivity contribution in [3.8, 4) is 0 Å². The lowest BCUT2D eigenvalue weighted by Gasteiger charge is -2.33. The van der Waals surface area contributed by atoms with Crippen LogP contribution in [0.5, 0.6) is 0 Å². The van der Waals surface area contributed by atoms with Gasteiger partial charge in [-0.25, -0.2) is 0 Å². The molecule has 0 amide bonds. The maximum Gasteiger partial charge on any atom is 0.424 e. The molecule has 0 saturated carbocycles. The van der Waals surface area contributed by atoms with Crippen LogP contribution < -0.4 is 0 Å². The first-order valence-electron chi connectivity index (χ1n) is 5.61. The Kier molecular flexibility index (Phi) is 6.43. The maximum absolute atomic E-state index is 12.5. The molecule has 1 atom stereocenters. The van der Waals surface area contributed by atoms with Crippen molar-refractivity contribution in [3.05, 3.63) is 0 Å². The second kappa shape index (κ2) is 6.50. The fraction of sp³-hybridized carbons (Fsp3) is 0.909. The number of hydrogen-bond donors (Lipinski definition) is 1. The van der Waals surface area contributed by atoms with E-state index in [-0.39, 0.29) is 13.0 Å². The average Bonchev–Trinajstić information content (AvgIpc) is 2.13. The van der Waals surface area contributed by atoms with Gasteiger partial charge >= 0.3 is 12.1 Å². The van der Waals surface area contributed by atoms with Gasteiger partial charge in [-0.3, -0.25) is 4.79 Å². The van der Waals surface area contributed by atoms with Crippen LogP contribution in [0.2, 0.25) is 0 Å². The van der Waals surface area contributed by atoms with Crippen LogP contribution in [-0.4, -0.2) is 34.3 Å². The van der Waals surface area contributed by atoms with E-state index in [0.29, 0.717) is 0 Å². The number of carbonyl (C=O) groups excluding carboxylic acids is 1. The Labute approximate surface area is 120 Å². The minimum Gasteiger partial charge on any atom is -0.466 e. The largest absolute Gasteiger partial charge is 0.466 e. The molecule has 0 aliphatic rings. The topological polar surface area (TPSA) is 46.5 Å². The lowest BCUT2D eigenvalue weighted by Crippen LogP contribution is -2.47. The van der Waals surface area contributed by atoms with E-state index in [1.807, 2.05) is 0 Å². The van der Waals surface area contributed by atoms with Crippen molar-refractivity contribution >= 4 is 29.2 Å². The van der Waals surface area contributed by atoms with Crippen LogP contribution >= 0.6 is 23.2 Å². The van der Waals surface area contributed by atoms with Crippen molar-refractivity contribution < 1.29 is 27.8 Å². The summed E-state index contributed by atoms with van der Waals surface area (Å²) in [7, 11) is 0. The molecule has 0 aliphatic heterocycles. The first kappa shape index (κ1) is 18.8. The van der Waals surface area contributed by atoms with Gasteiger partial charge in [-0.2, -0.15) is 13.2 Å². The van der Waals surface area contributed by atoms with Gasteiger partial charge in [-0.05, 0) is 18.8 Å². The third kappa shape index (κ3) is 5.75. The maximum atomic E-state index is 12.5. The highest BCUT2D eigenvalue weighted by molar-refractivity contribution is 6.49. The second-order valence-electron chi connectivity index (χ2n) is 4.99. The van der Waals surface area contributed by atoms with Crippen molar-refractivity contribution in [2.24, 2.45) is 5.41 Å². The summed E-state index contributed by atoms with van der Waals surface area (Å²) in [5.74, 6) is -0.554. The molecule has 0 aliphatic carbocycles. The number of esters is 1. The summed E-state index contributed by atoms with van der Waals surface area (Å²) in [5.41, 5.74) is -0.925. The summed E-state index contributed by atoms with van der Waals surface area (Å²) >= 11 is 10.3. The van der Waals surface area contributed by atoms with Gasteiger partial charge in [0.1, 0.15) is 0 Å². The molecule has 0 fully saturated rings. The number of hydrogen-bond acceptors (Lipinski definition) is 3. The third-order valence-electron chi connectivity index (χ3n) is 2.47. The quantitative estimate of drug-likeness (QED) is 0.601. The molecule has 3 nitrogen and oxygen atoms in total. The summed E-state index contributed by atoms with van der Waals surface area (Å²) in [6.45, 7) is 4.83. The number of rotatable bonds is 6. The highest BCUT2D eigenvalue weighted by atomic mass is 35.5. The molecule has 114 valence electrons. The number of carbonyl (C=O) groups is 1. The van der Waals surface area contributed by atoms with E-state index in [2.05, 4.69) is 0 Å². The number of halogens is 5. The number of alkyl halides is 5. The van der Waals surface area contributed by atoms with E-state index in [1.165, 1.54) is 13.8 Å². The Balaban J connectivity index is 4.70. The summed E-state index contributed by atoms with van der Waals surface area (Å²) in [6, 6.07) is 0. The molecule has 1 N–H and O–H groups in total. The zero-order valence-electron chi connectivity index (χ0n) is 10.9. The smallest absolute Gasteiger partial charge is 0.424 e. The van der Waals surface area contributed by atoms with Gasteiger partial charge < -0.3 is 9.84 Å². The standard InChI is InChI=1S/C11H17Cl2F3O3/c1-4-19-8(18)6-9(2,3)5-7(17)10(12,13)11(14,15)16/h7,17H,4-6H2,1-3H3. The van der Waals surface area contributed by atoms with Crippen LogP contribution in [0.4, 0.5) is 13.2 Å². The van der Waals surface area contributed by atoms with Gasteiger partial charge in [0.25, 0.3) is 0 Å². The van der Waals surface area contributed by atoms with E-state index in [0.717, 1.165) is 0 Å². The molecule has 0 spiro atoms. The van der Waals surface area contributed by atoms with Crippen LogP contribution in [-0.2, 0) is 9.53 Å². The molecular weight excluding hydrogens is 308 g/mol. The molecule has 0 rings (SSSR count). The van der Waals surface area contributed by atoms with Gasteiger partial charge in [-0.1, -0.05) is 37.0 Å². The van der Waals surface area contributed by atoms with Crippen molar-refractivity contribution in [1.29, 1.82) is 0 Å². The summed E-state index contributed by atoms with van der Waals surface area (Å²) in [4.78, 5) is 11.3. The normalized spacial score (nSPS) is 15.2. The van der Waals surface area contributed by atoms with Crippen molar-refractivity contribution in [2.75, 3.05) is 6.61 Å². The van der Waals surface area contributed by atoms with E-state index in [4.69, 9.17) is 27.9 Å². The lowest BCUT2D eigenvalue weighted by atomic mass is 9.82. The number of aliphatic hydroxyl groups is 1. The SMILES string of the molecule is CCOC(=O)CC(C)(C)CC(O)C(Cl)(Cl)C(F)(F)F. The fourth-order valence-electron chi connectivity index (χ4n) is 1.52. The first-order chi connectivity index (χ1) is 8.33. The van der Waals surface area contributed by atoms with Crippen LogP contribution in [0, 0.1) is 5.41 Å². The Morgan fingerprint density at radius 2 is 1.79 bits per heavy atom. The summed E-state index contributed by atoms with van der Waals surface area (Å²) in [6.07, 6.45) is -7.53. The van der Waals surface area contributed by atoms with E-state index in [9.17, 15) is 23.1 Å². The Hall–Kier alpha value is -0.200. The van der Waals surface area contributed by atoms with Crippen LogP contribution in [0.15, 0.2) is 0 Å². The number of aliphatic hydroxyl groups excluding tert-OH is 1. The van der Waals surface area contributed by atoms with Gasteiger partial charge in [-0.15, -0.1) is 0 Å². The highest BCUT2D eigenvalue weighted by Gasteiger charge is 2.58. The zero-order chi connectivity index (χ0) is 15.5. The lowest BCUT2D eigenvalue weighted by molar-refractivity contribution is -0.165. The molecule has 0 aromatic rings. The highest BCUT2D eigenvalue weighted by Crippen LogP contribution is 2.45. The minimum atomic E-state index is -4.96. The second-order valence-corrected chi connectivity index (χ2v) is 6.37. The van der Waals surface area contributed by atoms with Crippen LogP contribution in [0.3, 0.4) is 0 Å². The molecule has 0 saturated heterocycles. The molecule has 0 radical (unpaired) electrons. The molecule has 1 unspecified atom stereocenters. The fourth-order valence-corrected chi connectivity index (χ4v) is 1.67. The van der Waals surface area contributed by atoms with E-state index in [1.54, 1.807) is 6.92 Å². The molecule has 19 heavy (non-hydrogen) atoms. The molecule has 0 bridgehead atoms. The van der Waals surface area contributed by atoms with Crippen molar-refractivity contribution in [2.45, 2.75) is 50.2 Å². The van der Waals surface area contributed by atoms with Crippen LogP contribution in [0.25, 0.3) is 0 Å². The first-order valence-corrected chi connectivity index (χ1v) is 6.37. The van der Waals surface area contributed by atoms with Gasteiger partial charge in [0.15, 0.2) is 0 Å². The molecular formula is C11H17Cl2F3O3. The Bertz CT molecular complexity index is 317. The predicted octanol–water partition coefficient (Wildman–Crippen LogP) is 3.45. The third-order valence-corrected chi connectivity index (χ3v) is 3.40. The van der Waals surface area contributed by atoms with Gasteiger partial charge in [0.05, 0.1) is 19.1 Å². The predicted molar refractivity (Wildman–Crippen MR) is 66.1 cm³/mol. The molecule has 0 heterocycles.